The Hall–Kier alpha value is -3.06. The number of oxazole rings is 1. The summed E-state index contributed by atoms with van der Waals surface area (Å²) in [5.41, 5.74) is 0.940. The van der Waals surface area contributed by atoms with E-state index in [1.165, 1.54) is 18.2 Å². The highest BCUT2D eigenvalue weighted by molar-refractivity contribution is 6.30. The van der Waals surface area contributed by atoms with Gasteiger partial charge >= 0.3 is 11.7 Å². The van der Waals surface area contributed by atoms with Crippen molar-refractivity contribution in [1.82, 2.24) is 4.57 Å². The van der Waals surface area contributed by atoms with Gasteiger partial charge < -0.3 is 14.8 Å². The fraction of sp³-hybridized carbons (Fsp3) is 0.0625. The highest BCUT2D eigenvalue weighted by atomic mass is 35.5. The number of benzene rings is 2. The number of anilines is 1. The van der Waals surface area contributed by atoms with Gasteiger partial charge in [0.15, 0.2) is 5.58 Å². The quantitative estimate of drug-likeness (QED) is 0.756. The van der Waals surface area contributed by atoms with Crippen LogP contribution in [0.5, 0.6) is 0 Å². The molecule has 0 radical (unpaired) electrons. The normalized spacial score (nSPS) is 10.7. The summed E-state index contributed by atoms with van der Waals surface area (Å²) in [5, 5.41) is 12.0. The molecule has 0 bridgehead atoms. The molecule has 3 rings (SSSR count). The van der Waals surface area contributed by atoms with Crippen LogP contribution in [0.4, 0.5) is 5.69 Å². The average molecular weight is 347 g/mol. The molecule has 3 aromatic rings. The minimum absolute atomic E-state index is 0.00761. The van der Waals surface area contributed by atoms with Gasteiger partial charge in [0.1, 0.15) is 6.54 Å². The van der Waals surface area contributed by atoms with E-state index in [1.54, 1.807) is 24.3 Å². The summed E-state index contributed by atoms with van der Waals surface area (Å²) >= 11 is 5.85. The molecule has 0 fully saturated rings. The monoisotopic (exact) mass is 346 g/mol. The molecule has 0 unspecified atom stereocenters. The number of nitrogens with one attached hydrogen (secondary N) is 1. The highest BCUT2D eigenvalue weighted by Crippen LogP contribution is 2.17. The van der Waals surface area contributed by atoms with Crippen molar-refractivity contribution >= 4 is 40.3 Å². The number of carbonyl (C=O) groups is 2. The van der Waals surface area contributed by atoms with Crippen LogP contribution in [-0.4, -0.2) is 21.6 Å². The van der Waals surface area contributed by atoms with Crippen LogP contribution < -0.4 is 11.1 Å². The second-order valence-electron chi connectivity index (χ2n) is 5.00. The molecule has 24 heavy (non-hydrogen) atoms. The van der Waals surface area contributed by atoms with E-state index in [4.69, 9.17) is 21.1 Å². The Bertz CT molecular complexity index is 1010. The molecule has 0 atom stereocenters. The topological polar surface area (TPSA) is 102 Å². The maximum Gasteiger partial charge on any atom is 0.420 e. The summed E-state index contributed by atoms with van der Waals surface area (Å²) in [6, 6.07) is 10.6. The van der Waals surface area contributed by atoms with E-state index in [-0.39, 0.29) is 17.7 Å². The largest absolute Gasteiger partial charge is 0.478 e. The SMILES string of the molecule is O=C(Cn1c(=O)oc2cc(C(=O)O)ccc21)Nc1cccc(Cl)c1. The number of rotatable bonds is 4. The molecule has 1 aromatic heterocycles. The summed E-state index contributed by atoms with van der Waals surface area (Å²) < 4.78 is 6.13. The van der Waals surface area contributed by atoms with Crippen LogP contribution in [0.1, 0.15) is 10.4 Å². The van der Waals surface area contributed by atoms with E-state index in [0.29, 0.717) is 16.2 Å². The van der Waals surface area contributed by atoms with Crippen molar-refractivity contribution in [1.29, 1.82) is 0 Å². The predicted molar refractivity (Wildman–Crippen MR) is 87.5 cm³/mol. The second kappa shape index (κ2) is 6.21. The lowest BCUT2D eigenvalue weighted by atomic mass is 10.2. The Kier molecular flexibility index (Phi) is 4.09. The van der Waals surface area contributed by atoms with E-state index in [2.05, 4.69) is 5.32 Å². The summed E-state index contributed by atoms with van der Waals surface area (Å²) in [6.07, 6.45) is 0. The average Bonchev–Trinajstić information content (AvgIpc) is 2.82. The van der Waals surface area contributed by atoms with Crippen molar-refractivity contribution in [3.8, 4) is 0 Å². The number of amides is 1. The zero-order chi connectivity index (χ0) is 17.3. The number of carboxylic acids is 1. The first kappa shape index (κ1) is 15.8. The lowest BCUT2D eigenvalue weighted by Crippen LogP contribution is -2.24. The van der Waals surface area contributed by atoms with E-state index in [0.717, 1.165) is 4.57 Å². The number of hydrogen-bond acceptors (Lipinski definition) is 4. The zero-order valence-electron chi connectivity index (χ0n) is 12.2. The Morgan fingerprint density at radius 1 is 1.21 bits per heavy atom. The van der Waals surface area contributed by atoms with Crippen molar-refractivity contribution in [3.63, 3.8) is 0 Å². The van der Waals surface area contributed by atoms with Crippen molar-refractivity contribution in [2.45, 2.75) is 6.54 Å². The van der Waals surface area contributed by atoms with E-state index in [9.17, 15) is 14.4 Å². The molecule has 0 aliphatic carbocycles. The van der Waals surface area contributed by atoms with Gasteiger partial charge in [0.05, 0.1) is 11.1 Å². The number of halogens is 1. The molecular formula is C16H11ClN2O5. The maximum absolute atomic E-state index is 12.1. The molecule has 0 aliphatic heterocycles. The van der Waals surface area contributed by atoms with Gasteiger partial charge in [-0.15, -0.1) is 0 Å². The number of aromatic carboxylic acids is 1. The van der Waals surface area contributed by atoms with Gasteiger partial charge in [-0.05, 0) is 36.4 Å². The van der Waals surface area contributed by atoms with Crippen molar-refractivity contribution in [3.05, 3.63) is 63.6 Å². The Balaban J connectivity index is 1.87. The van der Waals surface area contributed by atoms with Gasteiger partial charge in [0.25, 0.3) is 0 Å². The maximum atomic E-state index is 12.1. The first-order chi connectivity index (χ1) is 11.4. The fourth-order valence-electron chi connectivity index (χ4n) is 2.26. The molecule has 2 aromatic carbocycles. The number of carbonyl (C=O) groups excluding carboxylic acids is 1. The van der Waals surface area contributed by atoms with Gasteiger partial charge in [-0.1, -0.05) is 17.7 Å². The van der Waals surface area contributed by atoms with E-state index >= 15 is 0 Å². The molecule has 1 amide bonds. The van der Waals surface area contributed by atoms with Crippen LogP contribution in [0.15, 0.2) is 51.7 Å². The summed E-state index contributed by atoms with van der Waals surface area (Å²) in [7, 11) is 0. The van der Waals surface area contributed by atoms with Crippen LogP contribution in [0, 0.1) is 0 Å². The summed E-state index contributed by atoms with van der Waals surface area (Å²) in [4.78, 5) is 35.0. The number of hydrogen-bond donors (Lipinski definition) is 2. The molecule has 1 heterocycles. The Labute approximate surface area is 140 Å². The zero-order valence-corrected chi connectivity index (χ0v) is 12.9. The van der Waals surface area contributed by atoms with Crippen LogP contribution >= 0.6 is 11.6 Å². The van der Waals surface area contributed by atoms with Gasteiger partial charge in [0.2, 0.25) is 5.91 Å². The lowest BCUT2D eigenvalue weighted by molar-refractivity contribution is -0.116. The van der Waals surface area contributed by atoms with Crippen LogP contribution in [0.2, 0.25) is 5.02 Å². The van der Waals surface area contributed by atoms with Gasteiger partial charge in [-0.2, -0.15) is 0 Å². The van der Waals surface area contributed by atoms with E-state index in [1.807, 2.05) is 0 Å². The molecule has 0 saturated carbocycles. The van der Waals surface area contributed by atoms with Crippen molar-refractivity contribution in [2.24, 2.45) is 0 Å². The molecule has 0 spiro atoms. The van der Waals surface area contributed by atoms with Gasteiger partial charge in [0, 0.05) is 10.7 Å². The number of fused-ring (bicyclic) bond motifs is 1. The van der Waals surface area contributed by atoms with E-state index < -0.39 is 17.6 Å². The molecule has 2 N–H and O–H groups in total. The summed E-state index contributed by atoms with van der Waals surface area (Å²) in [5.74, 6) is -2.32. The molecular weight excluding hydrogens is 336 g/mol. The second-order valence-corrected chi connectivity index (χ2v) is 5.44. The summed E-state index contributed by atoms with van der Waals surface area (Å²) in [6.45, 7) is -0.273. The first-order valence-electron chi connectivity index (χ1n) is 6.86. The van der Waals surface area contributed by atoms with Crippen LogP contribution in [0.3, 0.4) is 0 Å². The minimum Gasteiger partial charge on any atom is -0.478 e. The third kappa shape index (κ3) is 3.16. The van der Waals surface area contributed by atoms with Crippen molar-refractivity contribution in [2.75, 3.05) is 5.32 Å². The first-order valence-corrected chi connectivity index (χ1v) is 7.24. The molecule has 122 valence electrons. The third-order valence-corrected chi connectivity index (χ3v) is 3.56. The molecule has 8 heteroatoms. The standard InChI is InChI=1S/C16H11ClN2O5/c17-10-2-1-3-11(7-10)18-14(20)8-19-12-5-4-9(15(21)22)6-13(12)24-16(19)23/h1-7H,8H2,(H,18,20)(H,21,22). The van der Waals surface area contributed by atoms with Gasteiger partial charge in [-0.25, -0.2) is 9.59 Å². The molecule has 7 nitrogen and oxygen atoms in total. The Morgan fingerprint density at radius 2 is 2.00 bits per heavy atom. The predicted octanol–water partition coefficient (Wildman–Crippen LogP) is 2.58. The highest BCUT2D eigenvalue weighted by Gasteiger charge is 2.15. The lowest BCUT2D eigenvalue weighted by Gasteiger charge is -2.06. The number of carboxylic acid groups (broad SMARTS) is 1. The fourth-order valence-corrected chi connectivity index (χ4v) is 2.45. The number of nitrogens with zero attached hydrogens (tertiary/aromatic N) is 1. The van der Waals surface area contributed by atoms with Crippen LogP contribution in [-0.2, 0) is 11.3 Å². The molecule has 0 saturated heterocycles. The third-order valence-electron chi connectivity index (χ3n) is 3.33. The minimum atomic E-state index is -1.13. The Morgan fingerprint density at radius 3 is 2.71 bits per heavy atom. The van der Waals surface area contributed by atoms with Gasteiger partial charge in [-0.3, -0.25) is 9.36 Å². The van der Waals surface area contributed by atoms with Crippen LogP contribution in [0.25, 0.3) is 11.1 Å². The number of aromatic nitrogens is 1. The smallest absolute Gasteiger partial charge is 0.420 e. The van der Waals surface area contributed by atoms with Crippen molar-refractivity contribution < 1.29 is 19.1 Å². The molecule has 0 aliphatic rings.